The molecular weight excluding hydrogens is 297 g/mol. The van der Waals surface area contributed by atoms with Gasteiger partial charge in [-0.2, -0.15) is 18.3 Å². The molecular formula is C11H7BrF3N2. The third-order valence-corrected chi connectivity index (χ3v) is 2.70. The number of aromatic nitrogens is 2. The van der Waals surface area contributed by atoms with Crippen LogP contribution in [-0.2, 0) is 12.7 Å². The minimum absolute atomic E-state index is 0.0486. The number of hydrogen-bond acceptors (Lipinski definition) is 1. The van der Waals surface area contributed by atoms with Crippen LogP contribution in [0.3, 0.4) is 0 Å². The maximum atomic E-state index is 12.5. The lowest BCUT2D eigenvalue weighted by Gasteiger charge is -2.03. The molecule has 2 rings (SSSR count). The van der Waals surface area contributed by atoms with Crippen molar-refractivity contribution in [1.29, 1.82) is 0 Å². The lowest BCUT2D eigenvalue weighted by Crippen LogP contribution is -2.08. The first kappa shape index (κ1) is 12.2. The monoisotopic (exact) mass is 303 g/mol. The summed E-state index contributed by atoms with van der Waals surface area (Å²) in [7, 11) is 0. The molecule has 0 bridgehead atoms. The zero-order valence-corrected chi connectivity index (χ0v) is 10.1. The first-order valence-electron chi connectivity index (χ1n) is 4.72. The van der Waals surface area contributed by atoms with E-state index in [0.717, 1.165) is 5.56 Å². The second-order valence-corrected chi connectivity index (χ2v) is 4.28. The first-order chi connectivity index (χ1) is 7.97. The second-order valence-electron chi connectivity index (χ2n) is 3.43. The summed E-state index contributed by atoms with van der Waals surface area (Å²) in [6, 6.07) is 9.82. The normalized spacial score (nSPS) is 11.8. The molecule has 2 aromatic rings. The van der Waals surface area contributed by atoms with E-state index < -0.39 is 11.9 Å². The Balaban J connectivity index is 2.24. The Morgan fingerprint density at radius 2 is 1.94 bits per heavy atom. The Morgan fingerprint density at radius 3 is 2.47 bits per heavy atom. The fraction of sp³-hybridized carbons (Fsp3) is 0.182. The van der Waals surface area contributed by atoms with Crippen molar-refractivity contribution in [3.05, 3.63) is 52.3 Å². The van der Waals surface area contributed by atoms with E-state index >= 15 is 0 Å². The summed E-state index contributed by atoms with van der Waals surface area (Å²) >= 11 is 2.86. The SMILES string of the molecule is FC(F)(F)c1nn(Cc2cc[c]cc2)cc1Br. The number of benzene rings is 1. The Bertz CT molecular complexity index is 505. The van der Waals surface area contributed by atoms with Crippen LogP contribution >= 0.6 is 15.9 Å². The molecule has 89 valence electrons. The van der Waals surface area contributed by atoms with Crippen molar-refractivity contribution in [2.24, 2.45) is 0 Å². The molecule has 1 aromatic carbocycles. The van der Waals surface area contributed by atoms with Gasteiger partial charge < -0.3 is 0 Å². The fourth-order valence-corrected chi connectivity index (χ4v) is 1.92. The molecule has 0 aliphatic rings. The summed E-state index contributed by atoms with van der Waals surface area (Å²) in [5.41, 5.74) is -0.0348. The molecule has 1 aromatic heterocycles. The molecule has 0 spiro atoms. The predicted molar refractivity (Wildman–Crippen MR) is 59.3 cm³/mol. The molecule has 0 amide bonds. The van der Waals surface area contributed by atoms with Crippen LogP contribution in [0.1, 0.15) is 11.3 Å². The van der Waals surface area contributed by atoms with E-state index in [-0.39, 0.29) is 4.47 Å². The van der Waals surface area contributed by atoms with Crippen molar-refractivity contribution >= 4 is 15.9 Å². The van der Waals surface area contributed by atoms with Crippen molar-refractivity contribution < 1.29 is 13.2 Å². The van der Waals surface area contributed by atoms with Gasteiger partial charge in [-0.3, -0.25) is 4.68 Å². The molecule has 2 nitrogen and oxygen atoms in total. The zero-order chi connectivity index (χ0) is 12.5. The van der Waals surface area contributed by atoms with Gasteiger partial charge in [-0.05, 0) is 27.6 Å². The molecule has 0 saturated carbocycles. The zero-order valence-electron chi connectivity index (χ0n) is 8.50. The first-order valence-corrected chi connectivity index (χ1v) is 5.51. The largest absolute Gasteiger partial charge is 0.436 e. The third kappa shape index (κ3) is 2.88. The Labute approximate surface area is 104 Å². The van der Waals surface area contributed by atoms with E-state index in [9.17, 15) is 13.2 Å². The Morgan fingerprint density at radius 1 is 1.29 bits per heavy atom. The fourth-order valence-electron chi connectivity index (χ4n) is 1.38. The van der Waals surface area contributed by atoms with Gasteiger partial charge in [0.1, 0.15) is 0 Å². The van der Waals surface area contributed by atoms with Gasteiger partial charge >= 0.3 is 6.18 Å². The second kappa shape index (κ2) is 4.52. The summed E-state index contributed by atoms with van der Waals surface area (Å²) in [5.74, 6) is 0. The highest BCUT2D eigenvalue weighted by Gasteiger charge is 2.36. The third-order valence-electron chi connectivity index (χ3n) is 2.12. The van der Waals surface area contributed by atoms with Crippen molar-refractivity contribution in [1.82, 2.24) is 9.78 Å². The minimum atomic E-state index is -4.44. The maximum absolute atomic E-state index is 12.5. The van der Waals surface area contributed by atoms with Crippen LogP contribution in [-0.4, -0.2) is 9.78 Å². The molecule has 6 heteroatoms. The van der Waals surface area contributed by atoms with E-state index in [2.05, 4.69) is 27.1 Å². The van der Waals surface area contributed by atoms with Gasteiger partial charge in [0.25, 0.3) is 0 Å². The van der Waals surface area contributed by atoms with Crippen molar-refractivity contribution in [2.75, 3.05) is 0 Å². The van der Waals surface area contributed by atoms with E-state index in [1.165, 1.54) is 10.9 Å². The average molecular weight is 304 g/mol. The number of alkyl halides is 3. The van der Waals surface area contributed by atoms with Gasteiger partial charge in [0.15, 0.2) is 5.69 Å². The molecule has 0 saturated heterocycles. The van der Waals surface area contributed by atoms with Crippen molar-refractivity contribution in [3.8, 4) is 0 Å². The summed E-state index contributed by atoms with van der Waals surface area (Å²) < 4.78 is 38.7. The minimum Gasteiger partial charge on any atom is -0.267 e. The molecule has 0 N–H and O–H groups in total. The van der Waals surface area contributed by atoms with Crippen LogP contribution < -0.4 is 0 Å². The summed E-state index contributed by atoms with van der Waals surface area (Å²) in [6.45, 7) is 0.295. The topological polar surface area (TPSA) is 17.8 Å². The van der Waals surface area contributed by atoms with Crippen LogP contribution in [0.4, 0.5) is 13.2 Å². The van der Waals surface area contributed by atoms with E-state index in [0.29, 0.717) is 6.54 Å². The van der Waals surface area contributed by atoms with Crippen LogP contribution in [0.5, 0.6) is 0 Å². The smallest absolute Gasteiger partial charge is 0.267 e. The number of nitrogens with zero attached hydrogens (tertiary/aromatic N) is 2. The van der Waals surface area contributed by atoms with Crippen LogP contribution in [0.15, 0.2) is 34.9 Å². The average Bonchev–Trinajstić information content (AvgIpc) is 2.60. The number of hydrogen-bond donors (Lipinski definition) is 0. The van der Waals surface area contributed by atoms with Gasteiger partial charge in [0.05, 0.1) is 11.0 Å². The lowest BCUT2D eigenvalue weighted by molar-refractivity contribution is -0.142. The Hall–Kier alpha value is -1.30. The molecule has 0 fully saturated rings. The van der Waals surface area contributed by atoms with Gasteiger partial charge in [-0.15, -0.1) is 0 Å². The number of halogens is 4. The molecule has 0 aliphatic carbocycles. The predicted octanol–water partition coefficient (Wildman–Crippen LogP) is 3.51. The standard InChI is InChI=1S/C11H7BrF3N2/c12-9-7-17(16-10(9)11(13,14)15)6-8-4-2-1-3-5-8/h2-5,7H,6H2. The van der Waals surface area contributed by atoms with E-state index in [4.69, 9.17) is 0 Å². The summed E-state index contributed by atoms with van der Waals surface area (Å²) in [5, 5.41) is 3.51. The van der Waals surface area contributed by atoms with Crippen LogP contribution in [0.2, 0.25) is 0 Å². The van der Waals surface area contributed by atoms with Crippen LogP contribution in [0, 0.1) is 6.07 Å². The van der Waals surface area contributed by atoms with Gasteiger partial charge in [0.2, 0.25) is 0 Å². The van der Waals surface area contributed by atoms with Crippen LogP contribution in [0.25, 0.3) is 0 Å². The summed E-state index contributed by atoms with van der Waals surface area (Å²) in [6.07, 6.45) is -3.12. The van der Waals surface area contributed by atoms with Gasteiger partial charge in [-0.25, -0.2) is 0 Å². The highest BCUT2D eigenvalue weighted by atomic mass is 79.9. The van der Waals surface area contributed by atoms with Gasteiger partial charge in [-0.1, -0.05) is 24.3 Å². The van der Waals surface area contributed by atoms with E-state index in [1.807, 2.05) is 0 Å². The lowest BCUT2D eigenvalue weighted by atomic mass is 10.2. The maximum Gasteiger partial charge on any atom is 0.436 e. The summed E-state index contributed by atoms with van der Waals surface area (Å²) in [4.78, 5) is 0. The van der Waals surface area contributed by atoms with E-state index in [1.54, 1.807) is 24.3 Å². The highest BCUT2D eigenvalue weighted by Crippen LogP contribution is 2.33. The highest BCUT2D eigenvalue weighted by molar-refractivity contribution is 9.10. The quantitative estimate of drug-likeness (QED) is 0.830. The Kier molecular flexibility index (Phi) is 3.24. The molecule has 0 atom stereocenters. The molecule has 0 unspecified atom stereocenters. The number of rotatable bonds is 2. The molecule has 1 heterocycles. The molecule has 0 aliphatic heterocycles. The van der Waals surface area contributed by atoms with Crippen molar-refractivity contribution in [3.63, 3.8) is 0 Å². The molecule has 1 radical (unpaired) electrons. The molecule has 17 heavy (non-hydrogen) atoms. The van der Waals surface area contributed by atoms with Gasteiger partial charge in [0, 0.05) is 6.20 Å². The van der Waals surface area contributed by atoms with Crippen molar-refractivity contribution in [2.45, 2.75) is 12.7 Å².